The molecule has 7 N–H and O–H groups in total. The Morgan fingerprint density at radius 2 is 1.50 bits per heavy atom. The van der Waals surface area contributed by atoms with Crippen molar-refractivity contribution >= 4 is 52.5 Å². The van der Waals surface area contributed by atoms with Crippen LogP contribution in [0.5, 0.6) is 0 Å². The Kier molecular flexibility index (Phi) is 20.9. The Labute approximate surface area is 524 Å². The molecular weight excluding hydrogens is 1120 g/mol. The summed E-state index contributed by atoms with van der Waals surface area (Å²) in [5, 5.41) is 30.6. The van der Waals surface area contributed by atoms with E-state index in [0.29, 0.717) is 71.2 Å². The van der Waals surface area contributed by atoms with Gasteiger partial charge in [-0.1, -0.05) is 158 Å². The number of ketones is 1. The number of nitrogens with one attached hydrogen (secondary N) is 5. The molecule has 2 aliphatic carbocycles. The number of hydrogen-bond acceptors (Lipinski definition) is 12. The molecule has 1 aromatic heterocycles. The van der Waals surface area contributed by atoms with Gasteiger partial charge in [-0.25, -0.2) is 5.53 Å². The van der Waals surface area contributed by atoms with Gasteiger partial charge in [-0.15, -0.1) is 15.3 Å². The lowest BCUT2D eigenvalue weighted by Gasteiger charge is -2.48. The largest absolute Gasteiger partial charge is 0.345 e. The molecule has 3 unspecified atom stereocenters. The van der Waals surface area contributed by atoms with Gasteiger partial charge in [0.15, 0.2) is 23.3 Å². The number of hydrogen-bond donors (Lipinski definition) is 6. The van der Waals surface area contributed by atoms with Gasteiger partial charge in [-0.2, -0.15) is 10.3 Å². The number of carbonyl (C=O) groups excluding carboxylic acids is 4. The highest BCUT2D eigenvalue weighted by atomic mass is 35.5. The van der Waals surface area contributed by atoms with Gasteiger partial charge in [0.2, 0.25) is 0 Å². The number of hydrazone groups is 1. The van der Waals surface area contributed by atoms with Crippen molar-refractivity contribution in [2.24, 2.45) is 60.5 Å². The minimum absolute atomic E-state index is 0.0109. The van der Waals surface area contributed by atoms with Gasteiger partial charge in [-0.05, 0) is 171 Å². The number of aliphatic imine (C=N–C) groups is 2. The first-order valence-corrected chi connectivity index (χ1v) is 32.3. The summed E-state index contributed by atoms with van der Waals surface area (Å²) < 4.78 is 0. The number of rotatable bonds is 23. The van der Waals surface area contributed by atoms with E-state index in [2.05, 4.69) is 113 Å². The Morgan fingerprint density at radius 1 is 0.841 bits per heavy atom. The fourth-order valence-electron chi connectivity index (χ4n) is 14.2. The number of H-pyrrole nitrogens is 1. The summed E-state index contributed by atoms with van der Waals surface area (Å²) in [4.78, 5) is 69.9. The molecule has 3 fully saturated rings. The summed E-state index contributed by atoms with van der Waals surface area (Å²) in [6.07, 6.45) is 13.9. The molecule has 0 bridgehead atoms. The van der Waals surface area contributed by atoms with Crippen LogP contribution in [0.4, 0.5) is 0 Å². The van der Waals surface area contributed by atoms with Crippen LogP contribution in [0.1, 0.15) is 218 Å². The van der Waals surface area contributed by atoms with Gasteiger partial charge >= 0.3 is 0 Å². The number of halogens is 1. The van der Waals surface area contributed by atoms with Crippen molar-refractivity contribution in [3.63, 3.8) is 0 Å². The maximum absolute atomic E-state index is 15.4. The molecule has 5 aromatic rings. The van der Waals surface area contributed by atoms with Crippen LogP contribution in [-0.4, -0.2) is 84.2 Å². The molecule has 2 spiro atoms. The lowest BCUT2D eigenvalue weighted by molar-refractivity contribution is -0.133. The molecule has 3 amide bonds. The quantitative estimate of drug-likeness (QED) is 0.0119. The van der Waals surface area contributed by atoms with Crippen molar-refractivity contribution in [1.29, 1.82) is 5.53 Å². The number of aromatic nitrogens is 4. The monoisotopic (exact) mass is 1210 g/mol. The molecule has 19 heteroatoms. The number of tetrazole rings is 1. The Balaban J connectivity index is 0.988. The van der Waals surface area contributed by atoms with Gasteiger partial charge in [0.1, 0.15) is 11.4 Å². The molecule has 4 atom stereocenters. The summed E-state index contributed by atoms with van der Waals surface area (Å²) in [7, 11) is 0. The number of Topliss-reactive ketones (excluding diaryl/α,β-unsaturated/α-hetero) is 1. The minimum atomic E-state index is -0.672. The zero-order valence-electron chi connectivity index (χ0n) is 52.8. The second-order valence-corrected chi connectivity index (χ2v) is 27.6. The van der Waals surface area contributed by atoms with Crippen LogP contribution in [0.2, 0.25) is 5.02 Å². The Hall–Kier alpha value is -7.47. The molecule has 2 aliphatic heterocycles. The van der Waals surface area contributed by atoms with E-state index < -0.39 is 11.2 Å². The first-order chi connectivity index (χ1) is 42.2. The summed E-state index contributed by atoms with van der Waals surface area (Å²) in [5.41, 5.74) is 12.7. The molecule has 4 aromatic carbocycles. The van der Waals surface area contributed by atoms with Crippen LogP contribution in [0.15, 0.2) is 117 Å². The molecule has 468 valence electrons. The molecule has 1 saturated heterocycles. The Morgan fingerprint density at radius 3 is 2.10 bits per heavy atom. The van der Waals surface area contributed by atoms with Gasteiger partial charge in [0.05, 0.1) is 31.2 Å². The molecule has 2 saturated carbocycles. The van der Waals surface area contributed by atoms with Crippen LogP contribution in [-0.2, 0) is 29.1 Å². The average molecular weight is 1220 g/mol. The minimum Gasteiger partial charge on any atom is -0.345 e. The third-order valence-corrected chi connectivity index (χ3v) is 20.5. The molecular formula is C69H91ClN14O4. The molecule has 4 aliphatic rings. The van der Waals surface area contributed by atoms with Gasteiger partial charge in [-0.3, -0.25) is 29.2 Å². The standard InChI is InChI=1S/C69H91ClN14O4/c1-9-11-17-54(46-19-23-48(24-20-46)64(87)75-43-59-80-82-83-81-59)55-40-68(34-30-53(31-35-68)67(7,8)10-2)76-60(61(55)85)51-28-27-50(56(70)39-51)38-44(3)18-29-57(47-21-25-49(26-22-47)63(86)74-42-58(78-71)79-72)84-65(88)62(73-41-45-15-13-12-14-16-45)77-69(84)36-32-52(33-37-69)66(4,5)6/h12-16,19-28,39,44,52-55,57,71H,9-11,17-18,29-38,40-43,72H2,1-8H3,(H,73,77)(H,74,86)(H,75,87)(H,80,81,82,83)/b78-71?,79-58-/t44?,52?,53?,54?,55?,57-,68?,69?/m1/s1. The first kappa shape index (κ1) is 65.0. The van der Waals surface area contributed by atoms with Crippen molar-refractivity contribution in [2.75, 3.05) is 6.54 Å². The number of benzene rings is 4. The number of carbonyl (C=O) groups is 4. The average Bonchev–Trinajstić information content (AvgIpc) is 1.69. The first-order valence-electron chi connectivity index (χ1n) is 31.9. The van der Waals surface area contributed by atoms with Crippen molar-refractivity contribution in [2.45, 2.75) is 194 Å². The van der Waals surface area contributed by atoms with Gasteiger partial charge in [0.25, 0.3) is 17.7 Å². The third kappa shape index (κ3) is 15.1. The molecule has 0 radical (unpaired) electrons. The number of nitrogens with zero attached hydrogens (tertiary/aromatic N) is 8. The second-order valence-electron chi connectivity index (χ2n) is 27.2. The van der Waals surface area contributed by atoms with Crippen LogP contribution < -0.4 is 21.8 Å². The SMILES string of the molecule is CCCCC(c1ccc(C(=O)NCc2nn[nH]n2)cc1)C1CC2(CCC(C(C)(C)CC)CC2)N=C(c2ccc(CC(C)CC[C@H](c3ccc(C(=O)NC/C(N=N)=N/N)cc3)N3C(=O)C(=NCc4ccccc4)NC34CCC(C(C)(C)C)CC4)c(Cl)c2)C1=O. The van der Waals surface area contributed by atoms with Crippen molar-refractivity contribution < 1.29 is 19.2 Å². The normalized spacial score (nSPS) is 23.2. The topological polar surface area (TPSA) is 261 Å². The number of amides is 3. The number of aromatic amines is 1. The van der Waals surface area contributed by atoms with E-state index in [1.165, 1.54) is 0 Å². The van der Waals surface area contributed by atoms with E-state index in [4.69, 9.17) is 33.0 Å². The maximum atomic E-state index is 15.4. The fourth-order valence-corrected chi connectivity index (χ4v) is 14.5. The lowest BCUT2D eigenvalue weighted by atomic mass is 9.61. The number of unbranched alkanes of at least 4 members (excludes halogenated alkanes) is 1. The fraction of sp³-hybridized carbons (Fsp3) is 0.536. The van der Waals surface area contributed by atoms with Crippen molar-refractivity contribution in [3.8, 4) is 0 Å². The third-order valence-electron chi connectivity index (χ3n) is 20.1. The highest BCUT2D eigenvalue weighted by Gasteiger charge is 2.54. The number of amidine groups is 2. The van der Waals surface area contributed by atoms with Crippen molar-refractivity contribution in [1.82, 2.24) is 41.5 Å². The van der Waals surface area contributed by atoms with E-state index in [1.807, 2.05) is 78.9 Å². The van der Waals surface area contributed by atoms with E-state index in [-0.39, 0.29) is 77.1 Å². The zero-order valence-corrected chi connectivity index (χ0v) is 53.6. The predicted octanol–water partition coefficient (Wildman–Crippen LogP) is 13.2. The number of nitrogens with two attached hydrogens (primary N) is 1. The summed E-state index contributed by atoms with van der Waals surface area (Å²) in [5.74, 6) is 6.18. The maximum Gasteiger partial charge on any atom is 0.291 e. The van der Waals surface area contributed by atoms with Crippen LogP contribution >= 0.6 is 11.6 Å². The highest BCUT2D eigenvalue weighted by molar-refractivity contribution is 6.48. The van der Waals surface area contributed by atoms with E-state index in [0.717, 1.165) is 111 Å². The highest BCUT2D eigenvalue weighted by Crippen LogP contribution is 2.52. The van der Waals surface area contributed by atoms with E-state index in [9.17, 15) is 9.59 Å². The van der Waals surface area contributed by atoms with Crippen LogP contribution in [0.25, 0.3) is 0 Å². The molecule has 9 rings (SSSR count). The molecule has 88 heavy (non-hydrogen) atoms. The summed E-state index contributed by atoms with van der Waals surface area (Å²) >= 11 is 7.42. The lowest BCUT2D eigenvalue weighted by Crippen LogP contribution is -2.56. The Bertz CT molecular complexity index is 3320. The van der Waals surface area contributed by atoms with Crippen LogP contribution in [0.3, 0.4) is 0 Å². The zero-order chi connectivity index (χ0) is 62.8. The van der Waals surface area contributed by atoms with E-state index in [1.54, 1.807) is 12.1 Å². The van der Waals surface area contributed by atoms with Gasteiger partial charge in [0, 0.05) is 27.6 Å². The smallest absolute Gasteiger partial charge is 0.291 e. The predicted molar refractivity (Wildman–Crippen MR) is 346 cm³/mol. The molecule has 3 heterocycles. The van der Waals surface area contributed by atoms with Gasteiger partial charge < -0.3 is 26.7 Å². The summed E-state index contributed by atoms with van der Waals surface area (Å²) in [6.45, 7) is 18.8. The molecule has 18 nitrogen and oxygen atoms in total. The van der Waals surface area contributed by atoms with E-state index >= 15 is 9.59 Å². The summed E-state index contributed by atoms with van der Waals surface area (Å²) in [6, 6.07) is 30.9. The van der Waals surface area contributed by atoms with Crippen molar-refractivity contribution in [3.05, 3.63) is 147 Å². The second kappa shape index (κ2) is 28.3. The van der Waals surface area contributed by atoms with Crippen LogP contribution in [0, 0.1) is 40.0 Å².